The Balaban J connectivity index is 0.00000420. The number of amides is 1. The van der Waals surface area contributed by atoms with Gasteiger partial charge in [-0.25, -0.2) is 0 Å². The maximum absolute atomic E-state index is 11.1. The highest BCUT2D eigenvalue weighted by atomic mass is 127. The Kier molecular flexibility index (Phi) is 11.6. The highest BCUT2D eigenvalue weighted by molar-refractivity contribution is 14.0. The number of hydrogen-bond acceptors (Lipinski definition) is 4. The predicted octanol–water partition coefficient (Wildman–Crippen LogP) is 3.19. The Hall–Kier alpha value is -2.49. The number of ether oxygens (including phenoxy) is 2. The molecule has 2 rings (SSSR count). The molecule has 0 atom stereocenters. The highest BCUT2D eigenvalue weighted by Gasteiger charge is 2.01. The van der Waals surface area contributed by atoms with Crippen LogP contribution in [-0.4, -0.2) is 45.2 Å². The number of carbonyl (C=O) groups is 1. The van der Waals surface area contributed by atoms with Gasteiger partial charge in [0.2, 0.25) is 5.91 Å². The van der Waals surface area contributed by atoms with Crippen molar-refractivity contribution in [3.8, 4) is 11.5 Å². The number of anilines is 1. The Morgan fingerprint density at radius 3 is 2.17 bits per heavy atom. The lowest BCUT2D eigenvalue weighted by molar-refractivity contribution is -0.114. The van der Waals surface area contributed by atoms with E-state index < -0.39 is 0 Å². The molecule has 3 N–H and O–H groups in total. The molecule has 0 aromatic heterocycles. The van der Waals surface area contributed by atoms with Crippen molar-refractivity contribution in [3.63, 3.8) is 0 Å². The molecule has 0 aliphatic heterocycles. The van der Waals surface area contributed by atoms with Crippen LogP contribution in [0.25, 0.3) is 0 Å². The summed E-state index contributed by atoms with van der Waals surface area (Å²) in [6.07, 6.45) is 0. The number of carbonyl (C=O) groups excluding carboxylic acids is 1. The van der Waals surface area contributed by atoms with E-state index in [-0.39, 0.29) is 29.9 Å². The summed E-state index contributed by atoms with van der Waals surface area (Å²) in [4.78, 5) is 15.3. The smallest absolute Gasteiger partial charge is 0.221 e. The maximum atomic E-state index is 11.1. The van der Waals surface area contributed by atoms with Gasteiger partial charge in [0.25, 0.3) is 0 Å². The van der Waals surface area contributed by atoms with Gasteiger partial charge >= 0.3 is 0 Å². The third-order valence-corrected chi connectivity index (χ3v) is 3.73. The monoisotopic (exact) mass is 512 g/mol. The van der Waals surface area contributed by atoms with Crippen LogP contribution in [0.15, 0.2) is 53.5 Å². The number of aryl methyl sites for hydroxylation is 1. The van der Waals surface area contributed by atoms with Gasteiger partial charge in [0.05, 0.1) is 13.1 Å². The second kappa shape index (κ2) is 13.6. The van der Waals surface area contributed by atoms with Gasteiger partial charge in [0, 0.05) is 25.7 Å². The minimum atomic E-state index is -0.111. The van der Waals surface area contributed by atoms with Crippen molar-refractivity contribution in [2.45, 2.75) is 13.8 Å². The van der Waals surface area contributed by atoms with E-state index in [1.54, 1.807) is 13.1 Å². The molecule has 2 aromatic carbocycles. The molecule has 0 fully saturated rings. The van der Waals surface area contributed by atoms with Crippen LogP contribution in [0.2, 0.25) is 0 Å². The molecule has 8 heteroatoms. The zero-order valence-corrected chi connectivity index (χ0v) is 19.4. The summed E-state index contributed by atoms with van der Waals surface area (Å²) in [6, 6.07) is 15.3. The third kappa shape index (κ3) is 10.0. The van der Waals surface area contributed by atoms with Crippen molar-refractivity contribution < 1.29 is 14.3 Å². The normalized spacial score (nSPS) is 10.5. The quantitative estimate of drug-likeness (QED) is 0.208. The SMILES string of the molecule is CN=C(NCCOc1ccc(C)cc1)NCCOc1cccc(NC(C)=O)c1.I. The Bertz CT molecular complexity index is 782. The van der Waals surface area contributed by atoms with E-state index >= 15 is 0 Å². The van der Waals surface area contributed by atoms with Crippen molar-refractivity contribution in [3.05, 3.63) is 54.1 Å². The van der Waals surface area contributed by atoms with E-state index in [4.69, 9.17) is 9.47 Å². The summed E-state index contributed by atoms with van der Waals surface area (Å²) in [5.74, 6) is 2.12. The summed E-state index contributed by atoms with van der Waals surface area (Å²) in [5, 5.41) is 9.10. The standard InChI is InChI=1S/C21H28N4O3.HI/c1-16-7-9-19(10-8-16)27-13-11-23-21(22-3)24-12-14-28-20-6-4-5-18(15-20)25-17(2)26;/h4-10,15H,11-14H2,1-3H3,(H,25,26)(H2,22,23,24);1H. The van der Waals surface area contributed by atoms with Crippen molar-refractivity contribution in [1.82, 2.24) is 10.6 Å². The molecular weight excluding hydrogens is 483 g/mol. The lowest BCUT2D eigenvalue weighted by atomic mass is 10.2. The molecule has 0 unspecified atom stereocenters. The van der Waals surface area contributed by atoms with E-state index in [1.807, 2.05) is 49.4 Å². The van der Waals surface area contributed by atoms with E-state index in [2.05, 4.69) is 20.9 Å². The molecule has 158 valence electrons. The summed E-state index contributed by atoms with van der Waals surface area (Å²) >= 11 is 0. The average molecular weight is 512 g/mol. The van der Waals surface area contributed by atoms with E-state index in [0.717, 1.165) is 5.75 Å². The number of nitrogens with zero attached hydrogens (tertiary/aromatic N) is 1. The maximum Gasteiger partial charge on any atom is 0.221 e. The summed E-state index contributed by atoms with van der Waals surface area (Å²) < 4.78 is 11.4. The first-order valence-electron chi connectivity index (χ1n) is 9.21. The fourth-order valence-corrected chi connectivity index (χ4v) is 2.40. The first-order valence-corrected chi connectivity index (χ1v) is 9.21. The molecule has 0 saturated carbocycles. The minimum absolute atomic E-state index is 0. The summed E-state index contributed by atoms with van der Waals surface area (Å²) in [6.45, 7) is 5.74. The molecule has 0 heterocycles. The van der Waals surface area contributed by atoms with Crippen LogP contribution in [0.1, 0.15) is 12.5 Å². The van der Waals surface area contributed by atoms with Gasteiger partial charge in [-0.2, -0.15) is 0 Å². The van der Waals surface area contributed by atoms with Crippen LogP contribution in [0.5, 0.6) is 11.5 Å². The topological polar surface area (TPSA) is 84.0 Å². The number of nitrogens with one attached hydrogen (secondary N) is 3. The second-order valence-electron chi connectivity index (χ2n) is 6.14. The van der Waals surface area contributed by atoms with Crippen molar-refractivity contribution in [2.24, 2.45) is 4.99 Å². The van der Waals surface area contributed by atoms with Crippen molar-refractivity contribution in [1.29, 1.82) is 0 Å². The first kappa shape index (κ1) is 24.5. The molecule has 2 aromatic rings. The van der Waals surface area contributed by atoms with Gasteiger partial charge in [-0.3, -0.25) is 9.79 Å². The highest BCUT2D eigenvalue weighted by Crippen LogP contribution is 2.17. The summed E-state index contributed by atoms with van der Waals surface area (Å²) in [7, 11) is 1.72. The first-order chi connectivity index (χ1) is 13.6. The van der Waals surface area contributed by atoms with Gasteiger partial charge in [-0.05, 0) is 31.2 Å². The fourth-order valence-electron chi connectivity index (χ4n) is 2.40. The van der Waals surface area contributed by atoms with E-state index in [1.165, 1.54) is 12.5 Å². The van der Waals surface area contributed by atoms with Gasteiger partial charge in [-0.1, -0.05) is 23.8 Å². The lowest BCUT2D eigenvalue weighted by Crippen LogP contribution is -2.40. The number of guanidine groups is 1. The molecule has 0 radical (unpaired) electrons. The predicted molar refractivity (Wildman–Crippen MR) is 128 cm³/mol. The molecule has 0 bridgehead atoms. The molecule has 7 nitrogen and oxygen atoms in total. The van der Waals surface area contributed by atoms with Crippen LogP contribution in [0.4, 0.5) is 5.69 Å². The lowest BCUT2D eigenvalue weighted by Gasteiger charge is -2.13. The second-order valence-corrected chi connectivity index (χ2v) is 6.14. The molecule has 29 heavy (non-hydrogen) atoms. The summed E-state index contributed by atoms with van der Waals surface area (Å²) in [5.41, 5.74) is 1.92. The fraction of sp³-hybridized carbons (Fsp3) is 0.333. The largest absolute Gasteiger partial charge is 0.492 e. The van der Waals surface area contributed by atoms with Gasteiger partial charge in [-0.15, -0.1) is 24.0 Å². The molecule has 0 saturated heterocycles. The average Bonchev–Trinajstić information content (AvgIpc) is 2.68. The van der Waals surface area contributed by atoms with Crippen LogP contribution in [0.3, 0.4) is 0 Å². The van der Waals surface area contributed by atoms with Crippen LogP contribution in [0, 0.1) is 6.92 Å². The van der Waals surface area contributed by atoms with E-state index in [9.17, 15) is 4.79 Å². The van der Waals surface area contributed by atoms with Crippen LogP contribution >= 0.6 is 24.0 Å². The van der Waals surface area contributed by atoms with E-state index in [0.29, 0.717) is 43.7 Å². The third-order valence-electron chi connectivity index (χ3n) is 3.73. The minimum Gasteiger partial charge on any atom is -0.492 e. The number of hydrogen-bond donors (Lipinski definition) is 3. The van der Waals surface area contributed by atoms with Crippen LogP contribution in [-0.2, 0) is 4.79 Å². The molecule has 0 spiro atoms. The molecule has 0 aliphatic rings. The number of aliphatic imine (C=N–C) groups is 1. The van der Waals surface area contributed by atoms with Gasteiger partial charge in [0.1, 0.15) is 24.7 Å². The Morgan fingerprint density at radius 2 is 1.59 bits per heavy atom. The van der Waals surface area contributed by atoms with Crippen molar-refractivity contribution in [2.75, 3.05) is 38.7 Å². The molecule has 0 aliphatic carbocycles. The molecular formula is C21H29IN4O3. The number of benzene rings is 2. The Morgan fingerprint density at radius 1 is 0.966 bits per heavy atom. The van der Waals surface area contributed by atoms with Crippen LogP contribution < -0.4 is 25.4 Å². The van der Waals surface area contributed by atoms with Crippen molar-refractivity contribution >= 4 is 41.5 Å². The van der Waals surface area contributed by atoms with Gasteiger partial charge < -0.3 is 25.4 Å². The van der Waals surface area contributed by atoms with Gasteiger partial charge in [0.15, 0.2) is 5.96 Å². The Labute approximate surface area is 189 Å². The molecule has 1 amide bonds. The zero-order valence-electron chi connectivity index (χ0n) is 17.0. The number of rotatable bonds is 9. The number of halogens is 1. The zero-order chi connectivity index (χ0) is 20.2.